The number of unbranched alkanes of at least 4 members (excludes halogenated alkanes) is 14. The third kappa shape index (κ3) is 23.5. The van der Waals surface area contributed by atoms with Gasteiger partial charge in [0.15, 0.2) is 11.5 Å². The zero-order valence-corrected chi connectivity index (χ0v) is 32.4. The largest absolute Gasteiger partial charge is 0.495 e. The summed E-state index contributed by atoms with van der Waals surface area (Å²) < 4.78 is 44.5. The minimum atomic E-state index is -0.797. The van der Waals surface area contributed by atoms with Gasteiger partial charge in [0.2, 0.25) is 12.6 Å². The van der Waals surface area contributed by atoms with Crippen LogP contribution in [0.2, 0.25) is 0 Å². The molecule has 0 heterocycles. The van der Waals surface area contributed by atoms with E-state index in [4.69, 9.17) is 33.2 Å². The van der Waals surface area contributed by atoms with Crippen LogP contribution in [0.15, 0.2) is 23.0 Å². The summed E-state index contributed by atoms with van der Waals surface area (Å²) in [6, 6.07) is 0. The molecule has 2 atom stereocenters. The van der Waals surface area contributed by atoms with Crippen LogP contribution in [-0.4, -0.2) is 52.2 Å². The van der Waals surface area contributed by atoms with E-state index >= 15 is 0 Å². The monoisotopic (exact) mass is 671 g/mol. The first-order chi connectivity index (χ1) is 23.1. The molecule has 0 aliphatic rings. The molecule has 7 nitrogen and oxygen atoms in total. The molecule has 0 rings (SSSR count). The van der Waals surface area contributed by atoms with Crippen LogP contribution in [0.25, 0.3) is 0 Å². The van der Waals surface area contributed by atoms with E-state index in [0.717, 1.165) is 50.0 Å². The summed E-state index contributed by atoms with van der Waals surface area (Å²) in [5.41, 5.74) is 0. The third-order valence-corrected chi connectivity index (χ3v) is 7.92. The quantitative estimate of drug-likeness (QED) is 0.0373. The summed E-state index contributed by atoms with van der Waals surface area (Å²) in [5.74, 6) is 2.82. The van der Waals surface area contributed by atoms with Gasteiger partial charge in [0.05, 0.1) is 26.4 Å². The smallest absolute Gasteiger partial charge is 0.223 e. The highest BCUT2D eigenvalue weighted by molar-refractivity contribution is 5.09. The van der Waals surface area contributed by atoms with Gasteiger partial charge in [-0.25, -0.2) is 0 Å². The maximum Gasteiger partial charge on any atom is 0.223 e. The molecule has 280 valence electrons. The molecule has 2 unspecified atom stereocenters. The fourth-order valence-corrected chi connectivity index (χ4v) is 5.51. The van der Waals surface area contributed by atoms with Crippen LogP contribution in [0, 0.1) is 0 Å². The second-order valence-corrected chi connectivity index (χ2v) is 12.3. The number of hydrogen-bond donors (Lipinski definition) is 0. The van der Waals surface area contributed by atoms with Crippen molar-refractivity contribution in [2.75, 3.05) is 39.6 Å². The van der Waals surface area contributed by atoms with Gasteiger partial charge < -0.3 is 33.2 Å². The van der Waals surface area contributed by atoms with Gasteiger partial charge in [-0.2, -0.15) is 0 Å². The van der Waals surface area contributed by atoms with Crippen molar-refractivity contribution in [3.63, 3.8) is 0 Å². The van der Waals surface area contributed by atoms with Crippen LogP contribution in [0.4, 0.5) is 0 Å². The molecule has 0 aliphatic heterocycles. The molecule has 0 aliphatic carbocycles. The Balaban J connectivity index is 6.14. The van der Waals surface area contributed by atoms with Gasteiger partial charge in [0.1, 0.15) is 11.5 Å². The van der Waals surface area contributed by atoms with Crippen LogP contribution in [0.1, 0.15) is 184 Å². The van der Waals surface area contributed by atoms with Gasteiger partial charge in [-0.05, 0) is 53.4 Å². The Bertz CT molecular complexity index is 676. The predicted octanol–water partition coefficient (Wildman–Crippen LogP) is 12.1. The summed E-state index contributed by atoms with van der Waals surface area (Å²) in [4.78, 5) is 0. The molecule has 0 N–H and O–H groups in total. The normalized spacial score (nSPS) is 14.0. The summed E-state index contributed by atoms with van der Waals surface area (Å²) in [6.07, 6.45) is 21.7. The Morgan fingerprint density at radius 3 is 0.979 bits per heavy atom. The van der Waals surface area contributed by atoms with E-state index in [0.29, 0.717) is 51.2 Å². The molecular weight excluding hydrogens is 592 g/mol. The first kappa shape index (κ1) is 45.6. The molecule has 0 radical (unpaired) electrons. The zero-order valence-electron chi connectivity index (χ0n) is 32.4. The van der Waals surface area contributed by atoms with Crippen molar-refractivity contribution in [2.24, 2.45) is 0 Å². The molecule has 0 amide bonds. The molecule has 0 bridgehead atoms. The maximum absolute atomic E-state index is 6.73. The molecule has 0 aromatic heterocycles. The molecule has 0 aromatic carbocycles. The number of allylic oxidation sites excluding steroid dienone is 2. The van der Waals surface area contributed by atoms with E-state index in [1.165, 1.54) is 89.9 Å². The molecule has 0 fully saturated rings. The predicted molar refractivity (Wildman–Crippen MR) is 196 cm³/mol. The van der Waals surface area contributed by atoms with Crippen molar-refractivity contribution in [1.29, 1.82) is 0 Å². The Morgan fingerprint density at radius 1 is 0.362 bits per heavy atom. The number of ether oxygens (including phenoxy) is 7. The average Bonchev–Trinajstić information content (AvgIpc) is 3.07. The fraction of sp³-hybridized carbons (Fsp3) is 0.900. The highest BCUT2D eigenvalue weighted by atomic mass is 16.8. The van der Waals surface area contributed by atoms with Crippen LogP contribution in [0.3, 0.4) is 0 Å². The van der Waals surface area contributed by atoms with Crippen LogP contribution < -0.4 is 0 Å². The first-order valence-corrected chi connectivity index (χ1v) is 19.9. The number of hydrogen-bond acceptors (Lipinski definition) is 7. The van der Waals surface area contributed by atoms with E-state index in [9.17, 15) is 0 Å². The second-order valence-electron chi connectivity index (χ2n) is 12.3. The van der Waals surface area contributed by atoms with E-state index in [1.54, 1.807) is 0 Å². The summed E-state index contributed by atoms with van der Waals surface area (Å²) >= 11 is 0. The van der Waals surface area contributed by atoms with Gasteiger partial charge in [0, 0.05) is 26.1 Å². The first-order valence-electron chi connectivity index (χ1n) is 19.9. The van der Waals surface area contributed by atoms with Crippen molar-refractivity contribution < 1.29 is 33.2 Å². The standard InChI is InChI=1S/C40H78O7/c1-9-17-19-21-23-25-27-29-31-35(41-13-5)37(43-15-7)39(45-33-11-3)47-40(46-34-12-4)38(44-16-8)36(42-14-6)32-30-28-26-24-22-20-18-10-2/h39-40H,9-34H2,1-8H3. The van der Waals surface area contributed by atoms with Gasteiger partial charge >= 0.3 is 0 Å². The Labute approximate surface area is 291 Å². The van der Waals surface area contributed by atoms with Gasteiger partial charge in [-0.3, -0.25) is 0 Å². The topological polar surface area (TPSA) is 64.6 Å². The average molecular weight is 671 g/mol. The Hall–Kier alpha value is -1.44. The molecule has 0 saturated carbocycles. The summed E-state index contributed by atoms with van der Waals surface area (Å²) in [6.45, 7) is 19.8. The summed E-state index contributed by atoms with van der Waals surface area (Å²) in [5, 5.41) is 0. The highest BCUT2D eigenvalue weighted by Crippen LogP contribution is 2.28. The number of rotatable bonds is 36. The molecule has 0 aromatic rings. The molecule has 0 spiro atoms. The Morgan fingerprint density at radius 2 is 0.681 bits per heavy atom. The van der Waals surface area contributed by atoms with E-state index in [-0.39, 0.29) is 0 Å². The lowest BCUT2D eigenvalue weighted by atomic mass is 10.1. The van der Waals surface area contributed by atoms with Crippen molar-refractivity contribution in [1.82, 2.24) is 0 Å². The lowest BCUT2D eigenvalue weighted by molar-refractivity contribution is -0.242. The van der Waals surface area contributed by atoms with E-state index < -0.39 is 12.6 Å². The maximum atomic E-state index is 6.73. The van der Waals surface area contributed by atoms with Crippen LogP contribution in [-0.2, 0) is 33.2 Å². The van der Waals surface area contributed by atoms with Crippen LogP contribution in [0.5, 0.6) is 0 Å². The van der Waals surface area contributed by atoms with Crippen LogP contribution >= 0.6 is 0 Å². The second kappa shape index (κ2) is 34.4. The molecule has 7 heteroatoms. The highest BCUT2D eigenvalue weighted by Gasteiger charge is 2.31. The lowest BCUT2D eigenvalue weighted by Gasteiger charge is -2.30. The van der Waals surface area contributed by atoms with E-state index in [2.05, 4.69) is 27.7 Å². The van der Waals surface area contributed by atoms with Gasteiger partial charge in [0.25, 0.3) is 0 Å². The SMILES string of the molecule is CCCCCCCCCCC(OCC)=C(OCC)C(OCCC)OC(OCCC)C(OCC)=C(CCCCCCCCCC)OCC. The zero-order chi connectivity index (χ0) is 34.8. The van der Waals surface area contributed by atoms with Crippen molar-refractivity contribution in [3.8, 4) is 0 Å². The van der Waals surface area contributed by atoms with Gasteiger partial charge in [-0.1, -0.05) is 118 Å². The molecule has 0 saturated heterocycles. The minimum absolute atomic E-state index is 0.482. The van der Waals surface area contributed by atoms with E-state index in [1.807, 2.05) is 27.7 Å². The van der Waals surface area contributed by atoms with Crippen molar-refractivity contribution in [3.05, 3.63) is 23.0 Å². The molecular formula is C40H78O7. The minimum Gasteiger partial charge on any atom is -0.495 e. The fourth-order valence-electron chi connectivity index (χ4n) is 5.51. The molecule has 47 heavy (non-hydrogen) atoms. The van der Waals surface area contributed by atoms with Crippen molar-refractivity contribution in [2.45, 2.75) is 196 Å². The summed E-state index contributed by atoms with van der Waals surface area (Å²) in [7, 11) is 0. The van der Waals surface area contributed by atoms with Gasteiger partial charge in [-0.15, -0.1) is 0 Å². The Kier molecular flexibility index (Phi) is 33.4. The van der Waals surface area contributed by atoms with Crippen molar-refractivity contribution >= 4 is 0 Å². The third-order valence-electron chi connectivity index (χ3n) is 7.92. The lowest BCUT2D eigenvalue weighted by Crippen LogP contribution is -2.34.